The summed E-state index contributed by atoms with van der Waals surface area (Å²) < 4.78 is 0. The zero-order chi connectivity index (χ0) is 14.0. The second kappa shape index (κ2) is 5.97. The van der Waals surface area contributed by atoms with E-state index in [1.807, 2.05) is 0 Å². The molecule has 0 amide bonds. The Morgan fingerprint density at radius 3 is 1.94 bits per heavy atom. The Morgan fingerprint density at radius 2 is 1.50 bits per heavy atom. The lowest BCUT2D eigenvalue weighted by Crippen LogP contribution is -2.36. The smallest absolute Gasteiger partial charge is 0.0337 e. The lowest BCUT2D eigenvalue weighted by Gasteiger charge is -2.45. The molecular formula is C18H36. The molecule has 1 fully saturated rings. The molecule has 0 heterocycles. The van der Waals surface area contributed by atoms with Gasteiger partial charge in [-0.25, -0.2) is 0 Å². The molecule has 0 aliphatic heterocycles. The predicted octanol–water partition coefficient (Wildman–Crippen LogP) is 6.30. The topological polar surface area (TPSA) is 0 Å². The minimum Gasteiger partial charge on any atom is -0.0651 e. The largest absolute Gasteiger partial charge is 0.0651 e. The normalized spacial score (nSPS) is 28.2. The zero-order valence-corrected chi connectivity index (χ0v) is 14.0. The number of hydrogen-bond acceptors (Lipinski definition) is 0. The van der Waals surface area contributed by atoms with E-state index in [4.69, 9.17) is 0 Å². The second-order valence-corrected chi connectivity index (χ2v) is 8.85. The van der Waals surface area contributed by atoms with Crippen LogP contribution in [-0.2, 0) is 0 Å². The highest BCUT2D eigenvalue weighted by Gasteiger charge is 2.38. The molecule has 0 bridgehead atoms. The van der Waals surface area contributed by atoms with E-state index in [0.717, 1.165) is 17.8 Å². The van der Waals surface area contributed by atoms with Gasteiger partial charge in [0.2, 0.25) is 0 Å². The first-order valence-electron chi connectivity index (χ1n) is 8.15. The molecule has 0 radical (unpaired) electrons. The SMILES string of the molecule is CCC(C1CCCCC1CC(C)(C)C)C(C)(C)C. The maximum atomic E-state index is 2.45. The fourth-order valence-corrected chi connectivity index (χ4v) is 4.36. The van der Waals surface area contributed by atoms with E-state index in [9.17, 15) is 0 Å². The quantitative estimate of drug-likeness (QED) is 0.553. The number of rotatable bonds is 3. The molecule has 0 heteroatoms. The molecule has 3 atom stereocenters. The molecular weight excluding hydrogens is 216 g/mol. The Bertz CT molecular complexity index is 238. The fourth-order valence-electron chi connectivity index (χ4n) is 4.36. The van der Waals surface area contributed by atoms with Gasteiger partial charge in [-0.3, -0.25) is 0 Å². The van der Waals surface area contributed by atoms with Gasteiger partial charge in [-0.2, -0.15) is 0 Å². The van der Waals surface area contributed by atoms with Crippen LogP contribution in [0, 0.1) is 28.6 Å². The van der Waals surface area contributed by atoms with Gasteiger partial charge in [0.25, 0.3) is 0 Å². The van der Waals surface area contributed by atoms with Crippen molar-refractivity contribution in [2.75, 3.05) is 0 Å². The van der Waals surface area contributed by atoms with Crippen LogP contribution in [0.1, 0.15) is 87.0 Å². The Kier molecular flexibility index (Phi) is 5.32. The molecule has 0 aromatic heterocycles. The maximum Gasteiger partial charge on any atom is -0.0337 e. The highest BCUT2D eigenvalue weighted by Crippen LogP contribution is 2.47. The van der Waals surface area contributed by atoms with Crippen molar-refractivity contribution in [1.82, 2.24) is 0 Å². The van der Waals surface area contributed by atoms with E-state index in [-0.39, 0.29) is 0 Å². The summed E-state index contributed by atoms with van der Waals surface area (Å²) in [4.78, 5) is 0. The van der Waals surface area contributed by atoms with Gasteiger partial charge in [-0.05, 0) is 41.4 Å². The maximum absolute atomic E-state index is 2.45. The van der Waals surface area contributed by atoms with Crippen LogP contribution in [0.3, 0.4) is 0 Å². The second-order valence-electron chi connectivity index (χ2n) is 8.85. The van der Waals surface area contributed by atoms with Gasteiger partial charge in [-0.15, -0.1) is 0 Å². The van der Waals surface area contributed by atoms with E-state index >= 15 is 0 Å². The van der Waals surface area contributed by atoms with Crippen LogP contribution in [0.25, 0.3) is 0 Å². The van der Waals surface area contributed by atoms with Crippen molar-refractivity contribution < 1.29 is 0 Å². The van der Waals surface area contributed by atoms with Gasteiger partial charge in [-0.1, -0.05) is 74.1 Å². The Balaban J connectivity index is 2.81. The molecule has 18 heavy (non-hydrogen) atoms. The summed E-state index contributed by atoms with van der Waals surface area (Å²) in [6.45, 7) is 17.0. The molecule has 3 unspecified atom stereocenters. The Morgan fingerprint density at radius 1 is 0.944 bits per heavy atom. The summed E-state index contributed by atoms with van der Waals surface area (Å²) in [7, 11) is 0. The molecule has 1 aliphatic carbocycles. The summed E-state index contributed by atoms with van der Waals surface area (Å²) in [5, 5.41) is 0. The van der Waals surface area contributed by atoms with Crippen molar-refractivity contribution in [3.63, 3.8) is 0 Å². The van der Waals surface area contributed by atoms with E-state index in [1.54, 1.807) is 0 Å². The minimum atomic E-state index is 0.479. The molecule has 108 valence electrons. The van der Waals surface area contributed by atoms with Crippen molar-refractivity contribution in [3.8, 4) is 0 Å². The molecule has 0 nitrogen and oxygen atoms in total. The third-order valence-electron chi connectivity index (χ3n) is 4.91. The summed E-state index contributed by atoms with van der Waals surface area (Å²) in [5.41, 5.74) is 0.976. The van der Waals surface area contributed by atoms with Crippen molar-refractivity contribution in [2.45, 2.75) is 87.0 Å². The van der Waals surface area contributed by atoms with Crippen molar-refractivity contribution in [3.05, 3.63) is 0 Å². The molecule has 1 rings (SSSR count). The van der Waals surface area contributed by atoms with Crippen LogP contribution in [0.5, 0.6) is 0 Å². The van der Waals surface area contributed by atoms with Crippen LogP contribution in [0.15, 0.2) is 0 Å². The monoisotopic (exact) mass is 252 g/mol. The van der Waals surface area contributed by atoms with Gasteiger partial charge in [0.15, 0.2) is 0 Å². The minimum absolute atomic E-state index is 0.479. The lowest BCUT2D eigenvalue weighted by molar-refractivity contribution is 0.0527. The van der Waals surface area contributed by atoms with Crippen molar-refractivity contribution in [2.24, 2.45) is 28.6 Å². The van der Waals surface area contributed by atoms with Crippen molar-refractivity contribution in [1.29, 1.82) is 0 Å². The third kappa shape index (κ3) is 4.59. The number of hydrogen-bond donors (Lipinski definition) is 0. The Hall–Kier alpha value is 0. The van der Waals surface area contributed by atoms with E-state index in [2.05, 4.69) is 48.5 Å². The van der Waals surface area contributed by atoms with E-state index < -0.39 is 0 Å². The molecule has 1 aliphatic rings. The summed E-state index contributed by atoms with van der Waals surface area (Å²) >= 11 is 0. The van der Waals surface area contributed by atoms with Gasteiger partial charge in [0.1, 0.15) is 0 Å². The molecule has 0 aromatic rings. The fraction of sp³-hybridized carbons (Fsp3) is 1.00. The Labute approximate surface area is 116 Å². The predicted molar refractivity (Wildman–Crippen MR) is 82.8 cm³/mol. The summed E-state index contributed by atoms with van der Waals surface area (Å²) in [6, 6.07) is 0. The summed E-state index contributed by atoms with van der Waals surface area (Å²) in [6.07, 6.45) is 8.68. The van der Waals surface area contributed by atoms with Gasteiger partial charge < -0.3 is 0 Å². The third-order valence-corrected chi connectivity index (χ3v) is 4.91. The van der Waals surface area contributed by atoms with Gasteiger partial charge in [0, 0.05) is 0 Å². The van der Waals surface area contributed by atoms with E-state index in [1.165, 1.54) is 38.5 Å². The molecule has 0 N–H and O–H groups in total. The highest BCUT2D eigenvalue weighted by molar-refractivity contribution is 4.88. The van der Waals surface area contributed by atoms with E-state index in [0.29, 0.717) is 10.8 Å². The van der Waals surface area contributed by atoms with Gasteiger partial charge >= 0.3 is 0 Å². The van der Waals surface area contributed by atoms with Gasteiger partial charge in [0.05, 0.1) is 0 Å². The average Bonchev–Trinajstić information content (AvgIpc) is 2.17. The molecule has 0 aromatic carbocycles. The van der Waals surface area contributed by atoms with Crippen LogP contribution in [0.2, 0.25) is 0 Å². The molecule has 1 saturated carbocycles. The lowest BCUT2D eigenvalue weighted by atomic mass is 9.61. The van der Waals surface area contributed by atoms with Crippen LogP contribution >= 0.6 is 0 Å². The van der Waals surface area contributed by atoms with Crippen LogP contribution < -0.4 is 0 Å². The van der Waals surface area contributed by atoms with Crippen molar-refractivity contribution >= 4 is 0 Å². The first-order chi connectivity index (χ1) is 8.15. The zero-order valence-electron chi connectivity index (χ0n) is 14.0. The average molecular weight is 252 g/mol. The first-order valence-corrected chi connectivity index (χ1v) is 8.15. The summed E-state index contributed by atoms with van der Waals surface area (Å²) in [5.74, 6) is 2.86. The molecule has 0 saturated heterocycles. The van der Waals surface area contributed by atoms with Crippen LogP contribution in [-0.4, -0.2) is 0 Å². The van der Waals surface area contributed by atoms with Crippen LogP contribution in [0.4, 0.5) is 0 Å². The standard InChI is InChI=1S/C18H36/c1-8-16(18(5,6)7)15-12-10-9-11-14(15)13-17(2,3)4/h14-16H,8-13H2,1-7H3. The highest BCUT2D eigenvalue weighted by atomic mass is 14.4. The first kappa shape index (κ1) is 16.1. The molecule has 0 spiro atoms.